The van der Waals surface area contributed by atoms with E-state index >= 15 is 0 Å². The van der Waals surface area contributed by atoms with E-state index in [1.165, 1.54) is 0 Å². The summed E-state index contributed by atoms with van der Waals surface area (Å²) in [6.07, 6.45) is 3.75. The number of aliphatic hydroxyl groups excluding tert-OH is 1. The molecule has 0 radical (unpaired) electrons. The zero-order valence-corrected chi connectivity index (χ0v) is 11.5. The van der Waals surface area contributed by atoms with Gasteiger partial charge in [-0.2, -0.15) is 0 Å². The number of nitrogens with zero attached hydrogens (tertiary/aromatic N) is 1. The number of amides is 1. The van der Waals surface area contributed by atoms with Crippen LogP contribution in [-0.4, -0.2) is 71.4 Å². The van der Waals surface area contributed by atoms with Crippen molar-refractivity contribution >= 4 is 11.9 Å². The van der Waals surface area contributed by atoms with Crippen molar-refractivity contribution in [2.75, 3.05) is 26.2 Å². The monoisotopic (exact) mass is 285 g/mol. The van der Waals surface area contributed by atoms with Crippen LogP contribution in [0.3, 0.4) is 0 Å². The van der Waals surface area contributed by atoms with E-state index in [2.05, 4.69) is 15.5 Å². The maximum Gasteiger partial charge on any atom is 0.328 e. The van der Waals surface area contributed by atoms with E-state index in [0.29, 0.717) is 6.04 Å². The second-order valence-corrected chi connectivity index (χ2v) is 5.46. The number of nitrogens with one attached hydrogen (secondary N) is 2. The average Bonchev–Trinajstić information content (AvgIpc) is 2.94. The Morgan fingerprint density at radius 1 is 1.30 bits per heavy atom. The highest BCUT2D eigenvalue weighted by molar-refractivity contribution is 5.87. The number of hydrogen-bond acceptors (Lipinski definition) is 5. The Bertz CT molecular complexity index is 358. The SMILES string of the molecule is O=C(N[C@H](CO)C(=O)O)C1CCCN1C1CCNCC1. The van der Waals surface area contributed by atoms with Gasteiger partial charge in [-0.1, -0.05) is 0 Å². The standard InChI is InChI=1S/C13H23N3O4/c17-8-10(13(19)20)15-12(18)11-2-1-7-16(11)9-3-5-14-6-4-9/h9-11,14,17H,1-8H2,(H,15,18)(H,19,20)/t10-,11?/m1/s1. The summed E-state index contributed by atoms with van der Waals surface area (Å²) < 4.78 is 0. The normalized spacial score (nSPS) is 26.4. The summed E-state index contributed by atoms with van der Waals surface area (Å²) in [6, 6.07) is -1.07. The van der Waals surface area contributed by atoms with E-state index in [9.17, 15) is 9.59 Å². The van der Waals surface area contributed by atoms with Crippen LogP contribution in [0, 0.1) is 0 Å². The van der Waals surface area contributed by atoms with Crippen molar-refractivity contribution < 1.29 is 19.8 Å². The number of aliphatic hydroxyl groups is 1. The van der Waals surface area contributed by atoms with Crippen molar-refractivity contribution in [1.82, 2.24) is 15.5 Å². The maximum atomic E-state index is 12.2. The third-order valence-electron chi connectivity index (χ3n) is 4.17. The first-order valence-corrected chi connectivity index (χ1v) is 7.24. The third kappa shape index (κ3) is 3.47. The predicted molar refractivity (Wildman–Crippen MR) is 72.3 cm³/mol. The van der Waals surface area contributed by atoms with Crippen LogP contribution in [0.5, 0.6) is 0 Å². The molecule has 2 heterocycles. The molecular weight excluding hydrogens is 262 g/mol. The molecular formula is C13H23N3O4. The summed E-state index contributed by atoms with van der Waals surface area (Å²) in [5, 5.41) is 23.6. The molecule has 2 aliphatic rings. The van der Waals surface area contributed by atoms with Gasteiger partial charge in [-0.05, 0) is 45.3 Å². The fraction of sp³-hybridized carbons (Fsp3) is 0.846. The number of hydrogen-bond donors (Lipinski definition) is 4. The highest BCUT2D eigenvalue weighted by Gasteiger charge is 2.36. The first-order chi connectivity index (χ1) is 9.63. The van der Waals surface area contributed by atoms with E-state index in [0.717, 1.165) is 45.3 Å². The van der Waals surface area contributed by atoms with Crippen LogP contribution in [0.15, 0.2) is 0 Å². The van der Waals surface area contributed by atoms with Crippen LogP contribution in [-0.2, 0) is 9.59 Å². The Hall–Kier alpha value is -1.18. The van der Waals surface area contributed by atoms with Crippen molar-refractivity contribution in [2.45, 2.75) is 43.8 Å². The summed E-state index contributed by atoms with van der Waals surface area (Å²) in [4.78, 5) is 25.3. The molecule has 7 nitrogen and oxygen atoms in total. The molecule has 114 valence electrons. The Morgan fingerprint density at radius 3 is 2.60 bits per heavy atom. The lowest BCUT2D eigenvalue weighted by atomic mass is 10.0. The van der Waals surface area contributed by atoms with Crippen molar-refractivity contribution in [2.24, 2.45) is 0 Å². The number of carboxylic acids is 1. The van der Waals surface area contributed by atoms with Gasteiger partial charge in [0.05, 0.1) is 12.6 Å². The summed E-state index contributed by atoms with van der Waals surface area (Å²) in [6.45, 7) is 2.23. The summed E-state index contributed by atoms with van der Waals surface area (Å²) >= 11 is 0. The second-order valence-electron chi connectivity index (χ2n) is 5.46. The van der Waals surface area contributed by atoms with Crippen molar-refractivity contribution in [1.29, 1.82) is 0 Å². The number of likely N-dealkylation sites (tertiary alicyclic amines) is 1. The topological polar surface area (TPSA) is 102 Å². The Balaban J connectivity index is 1.95. The molecule has 2 rings (SSSR count). The minimum atomic E-state index is -1.21. The predicted octanol–water partition coefficient (Wildman–Crippen LogP) is -1.24. The first-order valence-electron chi connectivity index (χ1n) is 7.24. The number of aliphatic carboxylic acids is 1. The van der Waals surface area contributed by atoms with Crippen molar-refractivity contribution in [3.8, 4) is 0 Å². The summed E-state index contributed by atoms with van der Waals surface area (Å²) in [5.74, 6) is -1.48. The van der Waals surface area contributed by atoms with Gasteiger partial charge in [-0.15, -0.1) is 0 Å². The zero-order valence-electron chi connectivity index (χ0n) is 11.5. The van der Waals surface area contributed by atoms with E-state index in [4.69, 9.17) is 10.2 Å². The van der Waals surface area contributed by atoms with E-state index in [-0.39, 0.29) is 11.9 Å². The van der Waals surface area contributed by atoms with Gasteiger partial charge in [0.25, 0.3) is 0 Å². The molecule has 0 aromatic heterocycles. The molecule has 0 aliphatic carbocycles. The largest absolute Gasteiger partial charge is 0.480 e. The van der Waals surface area contributed by atoms with Crippen LogP contribution in [0.4, 0.5) is 0 Å². The third-order valence-corrected chi connectivity index (χ3v) is 4.17. The molecule has 7 heteroatoms. The fourth-order valence-electron chi connectivity index (χ4n) is 3.10. The highest BCUT2D eigenvalue weighted by Crippen LogP contribution is 2.24. The first kappa shape index (κ1) is 15.2. The number of carbonyl (C=O) groups excluding carboxylic acids is 1. The van der Waals surface area contributed by atoms with Gasteiger partial charge >= 0.3 is 5.97 Å². The van der Waals surface area contributed by atoms with Crippen LogP contribution < -0.4 is 10.6 Å². The molecule has 1 unspecified atom stereocenters. The van der Waals surface area contributed by atoms with Crippen molar-refractivity contribution in [3.63, 3.8) is 0 Å². The average molecular weight is 285 g/mol. The molecule has 0 saturated carbocycles. The van der Waals surface area contributed by atoms with E-state index in [1.807, 2.05) is 0 Å². The fourth-order valence-corrected chi connectivity index (χ4v) is 3.10. The van der Waals surface area contributed by atoms with Gasteiger partial charge in [0.15, 0.2) is 0 Å². The van der Waals surface area contributed by atoms with Crippen LogP contribution >= 0.6 is 0 Å². The van der Waals surface area contributed by atoms with Crippen LogP contribution in [0.1, 0.15) is 25.7 Å². The molecule has 2 saturated heterocycles. The quantitative estimate of drug-likeness (QED) is 0.504. The maximum absolute atomic E-state index is 12.2. The van der Waals surface area contributed by atoms with E-state index < -0.39 is 18.6 Å². The Morgan fingerprint density at radius 2 is 2.00 bits per heavy atom. The molecule has 0 aromatic carbocycles. The number of carboxylic acid groups (broad SMARTS) is 1. The van der Waals surface area contributed by atoms with E-state index in [1.54, 1.807) is 0 Å². The lowest BCUT2D eigenvalue weighted by Crippen LogP contribution is -2.54. The number of piperidine rings is 1. The molecule has 2 aliphatic heterocycles. The summed E-state index contributed by atoms with van der Waals surface area (Å²) in [5.41, 5.74) is 0. The van der Waals surface area contributed by atoms with Gasteiger partial charge in [0.2, 0.25) is 5.91 Å². The van der Waals surface area contributed by atoms with Crippen molar-refractivity contribution in [3.05, 3.63) is 0 Å². The lowest BCUT2D eigenvalue weighted by molar-refractivity contribution is -0.143. The molecule has 0 bridgehead atoms. The number of carbonyl (C=O) groups is 2. The van der Waals surface area contributed by atoms with Crippen LogP contribution in [0.25, 0.3) is 0 Å². The molecule has 20 heavy (non-hydrogen) atoms. The lowest BCUT2D eigenvalue weighted by Gasteiger charge is -2.35. The Kier molecular flexibility index (Phi) is 5.33. The van der Waals surface area contributed by atoms with Gasteiger partial charge in [0, 0.05) is 6.04 Å². The summed E-state index contributed by atoms with van der Waals surface area (Å²) in [7, 11) is 0. The number of rotatable bonds is 5. The minimum Gasteiger partial charge on any atom is -0.480 e. The smallest absolute Gasteiger partial charge is 0.328 e. The van der Waals surface area contributed by atoms with Gasteiger partial charge in [-0.25, -0.2) is 4.79 Å². The Labute approximate surface area is 118 Å². The van der Waals surface area contributed by atoms with Gasteiger partial charge in [-0.3, -0.25) is 9.69 Å². The highest BCUT2D eigenvalue weighted by atomic mass is 16.4. The zero-order chi connectivity index (χ0) is 14.5. The minimum absolute atomic E-state index is 0.258. The molecule has 1 amide bonds. The molecule has 2 fully saturated rings. The van der Waals surface area contributed by atoms with Gasteiger partial charge in [0.1, 0.15) is 6.04 Å². The van der Waals surface area contributed by atoms with Gasteiger partial charge < -0.3 is 20.8 Å². The molecule has 2 atom stereocenters. The molecule has 0 aromatic rings. The second kappa shape index (κ2) is 7.01. The molecule has 4 N–H and O–H groups in total. The van der Waals surface area contributed by atoms with Crippen LogP contribution in [0.2, 0.25) is 0 Å². The molecule has 0 spiro atoms.